The molecule has 0 saturated heterocycles. The average Bonchev–Trinajstić information content (AvgIpc) is 2.78. The van der Waals surface area contributed by atoms with Crippen LogP contribution in [0.5, 0.6) is 0 Å². The van der Waals surface area contributed by atoms with Crippen molar-refractivity contribution in [3.8, 4) is 0 Å². The minimum atomic E-state index is -1.09. The number of carbonyl (C=O) groups excluding carboxylic acids is 4. The van der Waals surface area contributed by atoms with Crippen LogP contribution in [0.3, 0.4) is 0 Å². The fourth-order valence-corrected chi connectivity index (χ4v) is 3.14. The van der Waals surface area contributed by atoms with Crippen molar-refractivity contribution in [2.45, 2.75) is 51.8 Å². The maximum atomic E-state index is 12.9. The highest BCUT2D eigenvalue weighted by Crippen LogP contribution is 2.07. The molecule has 0 unspecified atom stereocenters. The highest BCUT2D eigenvalue weighted by atomic mass is 32.2. The highest BCUT2D eigenvalue weighted by Gasteiger charge is 2.28. The molecule has 0 aliphatic rings. The summed E-state index contributed by atoms with van der Waals surface area (Å²) in [5.41, 5.74) is 0.787. The van der Waals surface area contributed by atoms with E-state index in [1.165, 1.54) is 11.8 Å². The molecule has 0 aromatic heterocycles. The Balaban J connectivity index is 2.79. The Kier molecular flexibility index (Phi) is 13.6. The zero-order chi connectivity index (χ0) is 23.8. The lowest BCUT2D eigenvalue weighted by atomic mass is 10.1. The number of thioether (sulfide) groups is 1. The minimum Gasteiger partial charge on any atom is -0.466 e. The summed E-state index contributed by atoms with van der Waals surface area (Å²) in [7, 11) is 0. The van der Waals surface area contributed by atoms with E-state index in [2.05, 4.69) is 10.6 Å². The molecule has 2 N–H and O–H groups in total. The van der Waals surface area contributed by atoms with Crippen molar-refractivity contribution >= 4 is 35.7 Å². The fraction of sp³-hybridized carbons (Fsp3) is 0.545. The summed E-state index contributed by atoms with van der Waals surface area (Å²) in [6, 6.07) is 7.13. The normalized spacial score (nSPS) is 12.2. The molecule has 1 aromatic rings. The van der Waals surface area contributed by atoms with Crippen molar-refractivity contribution in [1.29, 1.82) is 0 Å². The van der Waals surface area contributed by atoms with Crippen LogP contribution < -0.4 is 10.6 Å². The molecular formula is C22H32N2O7S. The second-order valence-electron chi connectivity index (χ2n) is 6.70. The lowest BCUT2D eigenvalue weighted by Crippen LogP contribution is -2.52. The molecule has 2 amide bonds. The first kappa shape index (κ1) is 27.3. The van der Waals surface area contributed by atoms with Crippen molar-refractivity contribution in [3.05, 3.63) is 35.9 Å². The molecule has 10 heteroatoms. The predicted octanol–water partition coefficient (Wildman–Crippen LogP) is 2.43. The summed E-state index contributed by atoms with van der Waals surface area (Å²) < 4.78 is 15.1. The monoisotopic (exact) mass is 468 g/mol. The second kappa shape index (κ2) is 16.0. The molecule has 9 nitrogen and oxygen atoms in total. The zero-order valence-electron chi connectivity index (χ0n) is 18.8. The topological polar surface area (TPSA) is 120 Å². The quantitative estimate of drug-likeness (QED) is 0.316. The lowest BCUT2D eigenvalue weighted by molar-refractivity contribution is -0.148. The maximum Gasteiger partial charge on any atom is 0.408 e. The van der Waals surface area contributed by atoms with Crippen LogP contribution in [-0.4, -0.2) is 61.2 Å². The second-order valence-corrected chi connectivity index (χ2v) is 7.68. The summed E-state index contributed by atoms with van der Waals surface area (Å²) in [4.78, 5) is 49.1. The van der Waals surface area contributed by atoms with E-state index >= 15 is 0 Å². The van der Waals surface area contributed by atoms with Crippen LogP contribution in [0.1, 0.15) is 38.7 Å². The molecule has 0 heterocycles. The molecule has 0 aliphatic heterocycles. The van der Waals surface area contributed by atoms with Gasteiger partial charge in [-0.05, 0) is 44.3 Å². The number of ether oxygens (including phenoxy) is 3. The van der Waals surface area contributed by atoms with Crippen molar-refractivity contribution in [2.75, 3.05) is 25.2 Å². The third-order valence-electron chi connectivity index (χ3n) is 4.26. The number of benzene rings is 1. The number of alkyl carbamates (subject to hydrolysis) is 1. The largest absolute Gasteiger partial charge is 0.466 e. The Bertz CT molecular complexity index is 730. The van der Waals surface area contributed by atoms with Crippen LogP contribution >= 0.6 is 11.8 Å². The summed E-state index contributed by atoms with van der Waals surface area (Å²) in [5.74, 6) is -1.02. The van der Waals surface area contributed by atoms with E-state index in [0.29, 0.717) is 12.2 Å². The number of hydrogen-bond donors (Lipinski definition) is 2. The first-order chi connectivity index (χ1) is 15.4. The van der Waals surface area contributed by atoms with Gasteiger partial charge in [-0.3, -0.25) is 9.59 Å². The van der Waals surface area contributed by atoms with Gasteiger partial charge < -0.3 is 24.8 Å². The van der Waals surface area contributed by atoms with E-state index in [1.807, 2.05) is 24.5 Å². The van der Waals surface area contributed by atoms with Crippen LogP contribution in [0.4, 0.5) is 4.79 Å². The van der Waals surface area contributed by atoms with E-state index < -0.39 is 36.0 Å². The Morgan fingerprint density at radius 1 is 0.906 bits per heavy atom. The van der Waals surface area contributed by atoms with Crippen molar-refractivity contribution in [3.63, 3.8) is 0 Å². The smallest absolute Gasteiger partial charge is 0.408 e. The number of amides is 2. The van der Waals surface area contributed by atoms with Crippen LogP contribution in [0, 0.1) is 0 Å². The van der Waals surface area contributed by atoms with E-state index in [9.17, 15) is 19.2 Å². The molecule has 1 rings (SSSR count). The average molecular weight is 469 g/mol. The molecule has 2 atom stereocenters. The standard InChI is InChI=1S/C22H32N2O7S/c1-4-29-19(25)12-11-17(24-22(28)31-15-16-9-7-6-8-10-16)20(26)23-18(13-14-32-3)21(27)30-5-2/h6-10,17-18H,4-5,11-15H2,1-3H3,(H,23,26)(H,24,28)/t17-,18-/m0/s1. The number of rotatable bonds is 14. The minimum absolute atomic E-state index is 0.0107. The molecule has 1 aromatic carbocycles. The van der Waals surface area contributed by atoms with Crippen LogP contribution in [0.25, 0.3) is 0 Å². The summed E-state index contributed by atoms with van der Waals surface area (Å²) >= 11 is 1.53. The van der Waals surface area contributed by atoms with Gasteiger partial charge in [0.2, 0.25) is 5.91 Å². The van der Waals surface area contributed by atoms with Crippen LogP contribution in [0.15, 0.2) is 30.3 Å². The third kappa shape index (κ3) is 11.0. The zero-order valence-corrected chi connectivity index (χ0v) is 19.6. The number of esters is 2. The van der Waals surface area contributed by atoms with Gasteiger partial charge >= 0.3 is 18.0 Å². The van der Waals surface area contributed by atoms with Gasteiger partial charge in [0.25, 0.3) is 0 Å². The summed E-state index contributed by atoms with van der Waals surface area (Å²) in [6.07, 6.45) is 1.35. The lowest BCUT2D eigenvalue weighted by Gasteiger charge is -2.22. The molecule has 32 heavy (non-hydrogen) atoms. The first-order valence-corrected chi connectivity index (χ1v) is 11.9. The number of nitrogens with one attached hydrogen (secondary N) is 2. The summed E-state index contributed by atoms with van der Waals surface area (Å²) in [5, 5.41) is 5.10. The molecule has 0 radical (unpaired) electrons. The Morgan fingerprint density at radius 3 is 2.22 bits per heavy atom. The maximum absolute atomic E-state index is 12.9. The SMILES string of the molecule is CCOC(=O)CC[C@H](NC(=O)OCc1ccccc1)C(=O)N[C@@H](CCSC)C(=O)OCC. The number of carbonyl (C=O) groups is 4. The fourth-order valence-electron chi connectivity index (χ4n) is 2.67. The predicted molar refractivity (Wildman–Crippen MR) is 121 cm³/mol. The van der Waals surface area contributed by atoms with Crippen molar-refractivity contribution < 1.29 is 33.4 Å². The van der Waals surface area contributed by atoms with Gasteiger partial charge in [0.05, 0.1) is 13.2 Å². The van der Waals surface area contributed by atoms with Gasteiger partial charge in [0, 0.05) is 6.42 Å². The molecule has 0 saturated carbocycles. The molecular weight excluding hydrogens is 436 g/mol. The van der Waals surface area contributed by atoms with Gasteiger partial charge in [-0.1, -0.05) is 30.3 Å². The summed E-state index contributed by atoms with van der Waals surface area (Å²) in [6.45, 7) is 3.77. The molecule has 0 aliphatic carbocycles. The third-order valence-corrected chi connectivity index (χ3v) is 4.91. The van der Waals surface area contributed by atoms with Crippen LogP contribution in [0.2, 0.25) is 0 Å². The van der Waals surface area contributed by atoms with Crippen LogP contribution in [-0.2, 0) is 35.2 Å². The van der Waals surface area contributed by atoms with Crippen molar-refractivity contribution in [2.24, 2.45) is 0 Å². The van der Waals surface area contributed by atoms with E-state index in [0.717, 1.165) is 5.56 Å². The molecule has 0 spiro atoms. The highest BCUT2D eigenvalue weighted by molar-refractivity contribution is 7.98. The Hall–Kier alpha value is -2.75. The molecule has 0 bridgehead atoms. The number of hydrogen-bond acceptors (Lipinski definition) is 8. The van der Waals surface area contributed by atoms with Gasteiger partial charge in [-0.15, -0.1) is 0 Å². The van der Waals surface area contributed by atoms with E-state index in [4.69, 9.17) is 14.2 Å². The Labute approximate surface area is 192 Å². The van der Waals surface area contributed by atoms with E-state index in [1.54, 1.807) is 26.0 Å². The van der Waals surface area contributed by atoms with Gasteiger partial charge in [0.1, 0.15) is 18.7 Å². The molecule has 0 fully saturated rings. The van der Waals surface area contributed by atoms with Gasteiger partial charge in [-0.25, -0.2) is 9.59 Å². The van der Waals surface area contributed by atoms with Gasteiger partial charge in [0.15, 0.2) is 0 Å². The van der Waals surface area contributed by atoms with Crippen molar-refractivity contribution in [1.82, 2.24) is 10.6 Å². The molecule has 178 valence electrons. The Morgan fingerprint density at radius 2 is 1.59 bits per heavy atom. The van der Waals surface area contributed by atoms with Gasteiger partial charge in [-0.2, -0.15) is 11.8 Å². The first-order valence-electron chi connectivity index (χ1n) is 10.5. The van der Waals surface area contributed by atoms with E-state index in [-0.39, 0.29) is 32.7 Å².